The smallest absolute Gasteiger partial charge is 0.220 e. The van der Waals surface area contributed by atoms with Crippen molar-refractivity contribution in [2.24, 2.45) is 0 Å². The minimum atomic E-state index is -0.867. The monoisotopic (exact) mass is 786 g/mol. The molecule has 0 aromatic heterocycles. The standard InChI is InChI=1S/C52H99NO3/c1-3-5-7-9-11-13-15-17-19-20-21-22-23-24-25-26-27-28-29-30-31-32-33-34-36-38-40-42-44-46-48-52(56)53-50(49-54)51(55)47-45-43-41-39-37-35-18-16-14-12-10-8-6-4-2/h14,16,37,39,45,47,50-51,54-55H,3-13,15,17-36,38,40-44,46,48-49H2,1-2H3,(H,53,56)/b16-14+,39-37+,47-45+. The zero-order valence-electron chi connectivity index (χ0n) is 37.9. The van der Waals surface area contributed by atoms with Crippen LogP contribution in [0.25, 0.3) is 0 Å². The summed E-state index contributed by atoms with van der Waals surface area (Å²) in [6, 6.07) is -0.642. The molecule has 0 saturated heterocycles. The van der Waals surface area contributed by atoms with Gasteiger partial charge < -0.3 is 15.5 Å². The Morgan fingerprint density at radius 1 is 0.411 bits per heavy atom. The molecule has 330 valence electrons. The number of amides is 1. The maximum Gasteiger partial charge on any atom is 0.220 e. The van der Waals surface area contributed by atoms with E-state index in [1.807, 2.05) is 6.08 Å². The van der Waals surface area contributed by atoms with Crippen molar-refractivity contribution < 1.29 is 15.0 Å². The maximum atomic E-state index is 12.4. The van der Waals surface area contributed by atoms with Crippen LogP contribution in [0.15, 0.2) is 36.5 Å². The first-order chi connectivity index (χ1) is 27.7. The Morgan fingerprint density at radius 2 is 0.696 bits per heavy atom. The summed E-state index contributed by atoms with van der Waals surface area (Å²) in [5, 5.41) is 23.0. The lowest BCUT2D eigenvalue weighted by molar-refractivity contribution is -0.123. The van der Waals surface area contributed by atoms with E-state index in [4.69, 9.17) is 0 Å². The van der Waals surface area contributed by atoms with Crippen molar-refractivity contribution in [2.45, 2.75) is 283 Å². The lowest BCUT2D eigenvalue weighted by atomic mass is 10.0. The molecule has 4 nitrogen and oxygen atoms in total. The zero-order valence-corrected chi connectivity index (χ0v) is 37.9. The Bertz CT molecular complexity index is 851. The van der Waals surface area contributed by atoms with Crippen LogP contribution >= 0.6 is 0 Å². The van der Waals surface area contributed by atoms with Crippen LogP contribution in [0.3, 0.4) is 0 Å². The van der Waals surface area contributed by atoms with Gasteiger partial charge >= 0.3 is 0 Å². The van der Waals surface area contributed by atoms with Crippen LogP contribution in [0.2, 0.25) is 0 Å². The predicted molar refractivity (Wildman–Crippen MR) is 248 cm³/mol. The summed E-state index contributed by atoms with van der Waals surface area (Å²) in [4.78, 5) is 12.4. The molecule has 0 aromatic rings. The lowest BCUT2D eigenvalue weighted by Gasteiger charge is -2.19. The Morgan fingerprint density at radius 3 is 1.04 bits per heavy atom. The number of aliphatic hydroxyl groups is 2. The molecule has 0 fully saturated rings. The van der Waals surface area contributed by atoms with Crippen molar-refractivity contribution in [1.82, 2.24) is 5.32 Å². The summed E-state index contributed by atoms with van der Waals surface area (Å²) in [6.07, 6.45) is 64.4. The minimum Gasteiger partial charge on any atom is -0.394 e. The van der Waals surface area contributed by atoms with E-state index in [0.717, 1.165) is 38.5 Å². The van der Waals surface area contributed by atoms with Crippen molar-refractivity contribution in [3.63, 3.8) is 0 Å². The third-order valence-electron chi connectivity index (χ3n) is 11.6. The second-order valence-electron chi connectivity index (χ2n) is 17.2. The first-order valence-corrected chi connectivity index (χ1v) is 25.2. The van der Waals surface area contributed by atoms with Crippen molar-refractivity contribution in [3.05, 3.63) is 36.5 Å². The van der Waals surface area contributed by atoms with E-state index in [9.17, 15) is 15.0 Å². The lowest BCUT2D eigenvalue weighted by Crippen LogP contribution is -2.45. The number of carbonyl (C=O) groups is 1. The van der Waals surface area contributed by atoms with Gasteiger partial charge in [0.25, 0.3) is 0 Å². The van der Waals surface area contributed by atoms with Gasteiger partial charge in [0.15, 0.2) is 0 Å². The fourth-order valence-corrected chi connectivity index (χ4v) is 7.74. The number of rotatable bonds is 46. The number of unbranched alkanes of at least 4 members (excludes halogenated alkanes) is 35. The molecule has 1 amide bonds. The molecular formula is C52H99NO3. The van der Waals surface area contributed by atoms with Crippen LogP contribution in [0.1, 0.15) is 271 Å². The van der Waals surface area contributed by atoms with Crippen LogP contribution in [-0.2, 0) is 4.79 Å². The van der Waals surface area contributed by atoms with Gasteiger partial charge in [0.05, 0.1) is 18.8 Å². The van der Waals surface area contributed by atoms with E-state index in [0.29, 0.717) is 6.42 Å². The molecule has 4 heteroatoms. The van der Waals surface area contributed by atoms with Gasteiger partial charge in [-0.1, -0.05) is 256 Å². The molecule has 0 aliphatic rings. The Hall–Kier alpha value is -1.39. The van der Waals surface area contributed by atoms with Crippen molar-refractivity contribution in [2.75, 3.05) is 6.61 Å². The molecule has 56 heavy (non-hydrogen) atoms. The molecule has 0 aliphatic carbocycles. The fraction of sp³-hybridized carbons (Fsp3) is 0.865. The number of nitrogens with one attached hydrogen (secondary N) is 1. The van der Waals surface area contributed by atoms with E-state index in [1.54, 1.807) is 6.08 Å². The summed E-state index contributed by atoms with van der Waals surface area (Å²) < 4.78 is 0. The van der Waals surface area contributed by atoms with Gasteiger partial charge in [-0.05, 0) is 44.9 Å². The highest BCUT2D eigenvalue weighted by Gasteiger charge is 2.17. The Labute approximate surface area is 351 Å². The van der Waals surface area contributed by atoms with Crippen LogP contribution in [-0.4, -0.2) is 34.9 Å². The van der Waals surface area contributed by atoms with Gasteiger partial charge in [0.1, 0.15) is 0 Å². The quantitative estimate of drug-likeness (QED) is 0.0425. The maximum absolute atomic E-state index is 12.4. The summed E-state index contributed by atoms with van der Waals surface area (Å²) in [5.41, 5.74) is 0. The van der Waals surface area contributed by atoms with Crippen molar-refractivity contribution in [3.8, 4) is 0 Å². The van der Waals surface area contributed by atoms with Gasteiger partial charge in [-0.3, -0.25) is 4.79 Å². The van der Waals surface area contributed by atoms with E-state index < -0.39 is 12.1 Å². The largest absolute Gasteiger partial charge is 0.394 e. The molecule has 0 radical (unpaired) electrons. The average molecular weight is 786 g/mol. The highest BCUT2D eigenvalue weighted by molar-refractivity contribution is 5.76. The Balaban J connectivity index is 3.46. The molecule has 0 heterocycles. The third kappa shape index (κ3) is 43.7. The van der Waals surface area contributed by atoms with E-state index in [2.05, 4.69) is 43.5 Å². The molecule has 2 unspecified atom stereocenters. The van der Waals surface area contributed by atoms with Crippen molar-refractivity contribution in [1.29, 1.82) is 0 Å². The summed E-state index contributed by atoms with van der Waals surface area (Å²) in [5.74, 6) is -0.0744. The number of hydrogen-bond donors (Lipinski definition) is 3. The highest BCUT2D eigenvalue weighted by Crippen LogP contribution is 2.17. The number of aliphatic hydroxyl groups excluding tert-OH is 2. The fourth-order valence-electron chi connectivity index (χ4n) is 7.74. The number of allylic oxidation sites excluding steroid dienone is 5. The van der Waals surface area contributed by atoms with Gasteiger partial charge in [0.2, 0.25) is 5.91 Å². The summed E-state index contributed by atoms with van der Waals surface area (Å²) in [6.45, 7) is 4.29. The zero-order chi connectivity index (χ0) is 40.7. The van der Waals surface area contributed by atoms with Crippen molar-refractivity contribution >= 4 is 5.91 Å². The highest BCUT2D eigenvalue weighted by atomic mass is 16.3. The molecule has 3 N–H and O–H groups in total. The second kappa shape index (κ2) is 48.0. The van der Waals surface area contributed by atoms with E-state index >= 15 is 0 Å². The van der Waals surface area contributed by atoms with Gasteiger partial charge in [-0.25, -0.2) is 0 Å². The van der Waals surface area contributed by atoms with E-state index in [1.165, 1.54) is 212 Å². The predicted octanol–water partition coefficient (Wildman–Crippen LogP) is 16.1. The average Bonchev–Trinajstić information content (AvgIpc) is 3.20. The third-order valence-corrected chi connectivity index (χ3v) is 11.6. The van der Waals surface area contributed by atoms with Crippen LogP contribution in [0.5, 0.6) is 0 Å². The summed E-state index contributed by atoms with van der Waals surface area (Å²) >= 11 is 0. The van der Waals surface area contributed by atoms with Crippen LogP contribution in [0, 0.1) is 0 Å². The minimum absolute atomic E-state index is 0.0744. The van der Waals surface area contributed by atoms with Gasteiger partial charge in [-0.15, -0.1) is 0 Å². The molecule has 0 rings (SSSR count). The second-order valence-corrected chi connectivity index (χ2v) is 17.2. The molecule has 2 atom stereocenters. The first-order valence-electron chi connectivity index (χ1n) is 25.2. The summed E-state index contributed by atoms with van der Waals surface area (Å²) in [7, 11) is 0. The molecule has 0 aliphatic heterocycles. The normalized spacial score (nSPS) is 13.1. The van der Waals surface area contributed by atoms with E-state index in [-0.39, 0.29) is 12.5 Å². The molecule has 0 saturated carbocycles. The number of hydrogen-bond acceptors (Lipinski definition) is 3. The van der Waals surface area contributed by atoms with Gasteiger partial charge in [0, 0.05) is 6.42 Å². The number of carbonyl (C=O) groups excluding carboxylic acids is 1. The molecule has 0 aromatic carbocycles. The molecular weight excluding hydrogens is 687 g/mol. The SMILES string of the molecule is CCCCCC/C=C/CC/C=C/CC/C=C/C(O)C(CO)NC(=O)CCCCCCCCCCCCCCCCCCCCCCCCCCCCCCCC. The Kier molecular flexibility index (Phi) is 46.8. The first kappa shape index (κ1) is 54.6. The van der Waals surface area contributed by atoms with Crippen LogP contribution < -0.4 is 5.32 Å². The molecule has 0 spiro atoms. The molecule has 0 bridgehead atoms. The van der Waals surface area contributed by atoms with Gasteiger partial charge in [-0.2, -0.15) is 0 Å². The topological polar surface area (TPSA) is 69.6 Å². The van der Waals surface area contributed by atoms with Crippen LogP contribution in [0.4, 0.5) is 0 Å².